The lowest BCUT2D eigenvalue weighted by Crippen LogP contribution is -2.34. The zero-order valence-electron chi connectivity index (χ0n) is 30.3. The number of phosphoric acid groups is 1. The van der Waals surface area contributed by atoms with Crippen LogP contribution in [0.3, 0.4) is 0 Å². The predicted molar refractivity (Wildman–Crippen MR) is 194 cm³/mol. The number of aliphatic carboxylic acids is 1. The van der Waals surface area contributed by atoms with E-state index in [0.29, 0.717) is 13.0 Å². The van der Waals surface area contributed by atoms with Crippen molar-refractivity contribution in [3.63, 3.8) is 0 Å². The van der Waals surface area contributed by atoms with Gasteiger partial charge in [-0.25, -0.2) is 4.57 Å². The second-order valence-corrected chi connectivity index (χ2v) is 14.1. The number of phosphoric ester groups is 1. The highest BCUT2D eigenvalue weighted by atomic mass is 31.2. The molecule has 3 unspecified atom stereocenters. The van der Waals surface area contributed by atoms with Crippen LogP contribution in [0.2, 0.25) is 0 Å². The first-order valence-electron chi connectivity index (χ1n) is 18.9. The number of esters is 1. The van der Waals surface area contributed by atoms with Gasteiger partial charge in [0.05, 0.1) is 19.8 Å². The zero-order chi connectivity index (χ0) is 35.6. The Bertz CT molecular complexity index is 868. The van der Waals surface area contributed by atoms with Gasteiger partial charge in [-0.2, -0.15) is 0 Å². The van der Waals surface area contributed by atoms with Crippen LogP contribution >= 0.6 is 7.82 Å². The fourth-order valence-electron chi connectivity index (χ4n) is 4.95. The molecule has 0 aromatic carbocycles. The Morgan fingerprint density at radius 1 is 0.646 bits per heavy atom. The molecule has 0 aromatic rings. The Morgan fingerprint density at radius 3 is 1.67 bits per heavy atom. The second-order valence-electron chi connectivity index (χ2n) is 12.7. The van der Waals surface area contributed by atoms with E-state index >= 15 is 0 Å². The van der Waals surface area contributed by atoms with Crippen molar-refractivity contribution in [2.75, 3.05) is 26.4 Å². The molecule has 0 fully saturated rings. The van der Waals surface area contributed by atoms with Gasteiger partial charge in [0.1, 0.15) is 12.1 Å². The third-order valence-corrected chi connectivity index (χ3v) is 8.88. The third kappa shape index (κ3) is 33.0. The van der Waals surface area contributed by atoms with Gasteiger partial charge in [-0.3, -0.25) is 18.6 Å². The molecule has 10 nitrogen and oxygen atoms in total. The number of ether oxygens (including phenoxy) is 2. The summed E-state index contributed by atoms with van der Waals surface area (Å²) in [5.74, 6) is -1.79. The second kappa shape index (κ2) is 33.9. The minimum atomic E-state index is -4.61. The summed E-state index contributed by atoms with van der Waals surface area (Å²) in [5, 5.41) is 8.85. The van der Waals surface area contributed by atoms with Gasteiger partial charge in [0.15, 0.2) is 0 Å². The molecule has 0 aliphatic carbocycles. The zero-order valence-corrected chi connectivity index (χ0v) is 31.2. The lowest BCUT2D eigenvalue weighted by molar-refractivity contribution is -0.154. The largest absolute Gasteiger partial charge is 0.480 e. The number of hydrogen-bond acceptors (Lipinski definition) is 8. The maximum atomic E-state index is 12.5. The van der Waals surface area contributed by atoms with E-state index in [4.69, 9.17) is 24.8 Å². The maximum Gasteiger partial charge on any atom is 0.472 e. The summed E-state index contributed by atoms with van der Waals surface area (Å²) >= 11 is 0. The molecule has 11 heteroatoms. The van der Waals surface area contributed by atoms with E-state index < -0.39 is 45.1 Å². The van der Waals surface area contributed by atoms with E-state index in [9.17, 15) is 19.0 Å². The van der Waals surface area contributed by atoms with E-state index in [2.05, 4.69) is 42.7 Å². The lowest BCUT2D eigenvalue weighted by atomic mass is 10.1. The van der Waals surface area contributed by atoms with Crippen molar-refractivity contribution in [3.8, 4) is 0 Å². The van der Waals surface area contributed by atoms with Crippen LogP contribution in [0.5, 0.6) is 0 Å². The fraction of sp³-hybridized carbons (Fsp3) is 0.838. The van der Waals surface area contributed by atoms with E-state index in [1.54, 1.807) is 0 Å². The van der Waals surface area contributed by atoms with Crippen molar-refractivity contribution >= 4 is 19.8 Å². The highest BCUT2D eigenvalue weighted by Gasteiger charge is 2.27. The first-order valence-corrected chi connectivity index (χ1v) is 20.4. The molecule has 0 saturated carbocycles. The summed E-state index contributed by atoms with van der Waals surface area (Å²) in [6.45, 7) is 3.77. The molecule has 0 bridgehead atoms. The quantitative estimate of drug-likeness (QED) is 0.0249. The number of hydrogen-bond donors (Lipinski definition) is 3. The highest BCUT2D eigenvalue weighted by molar-refractivity contribution is 7.47. The van der Waals surface area contributed by atoms with Crippen molar-refractivity contribution < 1.29 is 42.7 Å². The average Bonchev–Trinajstić information content (AvgIpc) is 3.06. The molecule has 282 valence electrons. The summed E-state index contributed by atoms with van der Waals surface area (Å²) < 4.78 is 33.1. The van der Waals surface area contributed by atoms with Crippen LogP contribution in [0.25, 0.3) is 0 Å². The summed E-state index contributed by atoms with van der Waals surface area (Å²) in [7, 11) is -4.61. The summed E-state index contributed by atoms with van der Waals surface area (Å²) in [6, 6.07) is -1.47. The van der Waals surface area contributed by atoms with Crippen molar-refractivity contribution in [3.05, 3.63) is 24.3 Å². The molecule has 0 aromatic heterocycles. The topological polar surface area (TPSA) is 155 Å². The number of carboxylic acids is 1. The Labute approximate surface area is 292 Å². The molecule has 0 saturated heterocycles. The summed E-state index contributed by atoms with van der Waals surface area (Å²) in [5.41, 5.74) is 5.33. The van der Waals surface area contributed by atoms with Crippen LogP contribution < -0.4 is 5.73 Å². The minimum absolute atomic E-state index is 0.0109. The van der Waals surface area contributed by atoms with Crippen molar-refractivity contribution in [1.29, 1.82) is 0 Å². The smallest absolute Gasteiger partial charge is 0.472 e. The Kier molecular flexibility index (Phi) is 32.8. The monoisotopic (exact) mass is 703 g/mol. The van der Waals surface area contributed by atoms with E-state index in [0.717, 1.165) is 70.6 Å². The Balaban J connectivity index is 4.28. The molecule has 0 heterocycles. The first-order chi connectivity index (χ1) is 23.2. The van der Waals surface area contributed by atoms with E-state index in [-0.39, 0.29) is 13.0 Å². The lowest BCUT2D eigenvalue weighted by Gasteiger charge is -2.20. The highest BCUT2D eigenvalue weighted by Crippen LogP contribution is 2.43. The third-order valence-electron chi connectivity index (χ3n) is 7.93. The maximum absolute atomic E-state index is 12.5. The standard InChI is InChI=1S/C37H70NO9P/c1-3-5-7-9-11-13-15-16-17-18-19-20-22-24-26-28-30-44-31-34(32-45-48(42,43)46-33-35(38)37(40)41)47-36(39)29-27-25-23-21-14-12-10-8-6-4-2/h8,10,16-17,34-35H,3-7,9,11-15,18-33,38H2,1-2H3,(H,40,41)(H,42,43)/b10-8-,17-16-. The number of rotatable bonds is 36. The SMILES string of the molecule is CCC/C=C\CCCCCCCC(=O)OC(COCCCCCCCC/C=C\CCCCCCCC)COP(=O)(O)OCC(N)C(=O)O. The molecule has 0 radical (unpaired) electrons. The van der Waals surface area contributed by atoms with Gasteiger partial charge < -0.3 is 25.2 Å². The molecule has 3 atom stereocenters. The van der Waals surface area contributed by atoms with Crippen molar-refractivity contribution in [2.45, 2.75) is 174 Å². The summed E-state index contributed by atoms with van der Waals surface area (Å²) in [6.07, 6.45) is 33.8. The normalized spacial score (nSPS) is 14.4. The number of carbonyl (C=O) groups is 2. The van der Waals surface area contributed by atoms with Crippen molar-refractivity contribution in [2.24, 2.45) is 5.73 Å². The Morgan fingerprint density at radius 2 is 1.12 bits per heavy atom. The summed E-state index contributed by atoms with van der Waals surface area (Å²) in [4.78, 5) is 33.3. The van der Waals surface area contributed by atoms with Crippen LogP contribution in [-0.4, -0.2) is 60.5 Å². The van der Waals surface area contributed by atoms with Crippen LogP contribution in [0, 0.1) is 0 Å². The molecule has 0 amide bonds. The van der Waals surface area contributed by atoms with Crippen LogP contribution in [0.1, 0.15) is 162 Å². The number of nitrogens with two attached hydrogens (primary N) is 1. The average molecular weight is 704 g/mol. The molecule has 0 rings (SSSR count). The van der Waals surface area contributed by atoms with Gasteiger partial charge in [0, 0.05) is 13.0 Å². The van der Waals surface area contributed by atoms with E-state index in [1.807, 2.05) is 0 Å². The van der Waals surface area contributed by atoms with Gasteiger partial charge in [-0.1, -0.05) is 122 Å². The molecule has 0 aliphatic rings. The molecular formula is C37H70NO9P. The van der Waals surface area contributed by atoms with Gasteiger partial charge in [0.2, 0.25) is 0 Å². The van der Waals surface area contributed by atoms with Gasteiger partial charge in [-0.15, -0.1) is 0 Å². The van der Waals surface area contributed by atoms with Crippen LogP contribution in [-0.2, 0) is 32.7 Å². The number of allylic oxidation sites excluding steroid dienone is 4. The van der Waals surface area contributed by atoms with Crippen LogP contribution in [0.15, 0.2) is 24.3 Å². The molecule has 0 aliphatic heterocycles. The molecular weight excluding hydrogens is 633 g/mol. The molecule has 48 heavy (non-hydrogen) atoms. The van der Waals surface area contributed by atoms with Gasteiger partial charge in [-0.05, 0) is 57.8 Å². The molecule has 4 N–H and O–H groups in total. The fourth-order valence-corrected chi connectivity index (χ4v) is 5.73. The number of unbranched alkanes of at least 4 members (excludes halogenated alkanes) is 18. The Hall–Kier alpha value is -1.55. The predicted octanol–water partition coefficient (Wildman–Crippen LogP) is 9.58. The number of carboxylic acid groups (broad SMARTS) is 1. The van der Waals surface area contributed by atoms with Gasteiger partial charge >= 0.3 is 19.8 Å². The first kappa shape index (κ1) is 46.5. The number of carbonyl (C=O) groups excluding carboxylic acids is 1. The van der Waals surface area contributed by atoms with Gasteiger partial charge in [0.25, 0.3) is 0 Å². The minimum Gasteiger partial charge on any atom is -0.480 e. The van der Waals surface area contributed by atoms with Crippen molar-refractivity contribution in [1.82, 2.24) is 0 Å². The molecule has 0 spiro atoms. The van der Waals surface area contributed by atoms with Crippen LogP contribution in [0.4, 0.5) is 0 Å². The van der Waals surface area contributed by atoms with E-state index in [1.165, 1.54) is 64.2 Å².